The summed E-state index contributed by atoms with van der Waals surface area (Å²) in [6.45, 7) is 5.75. The molecule has 0 amide bonds. The Labute approximate surface area is 153 Å². The van der Waals surface area contributed by atoms with Crippen LogP contribution in [0.15, 0.2) is 47.5 Å². The summed E-state index contributed by atoms with van der Waals surface area (Å²) in [6.07, 6.45) is 0.913. The second-order valence-electron chi connectivity index (χ2n) is 6.03. The number of fused-ring (bicyclic) bond motifs is 1. The van der Waals surface area contributed by atoms with Crippen LogP contribution >= 0.6 is 11.3 Å². The summed E-state index contributed by atoms with van der Waals surface area (Å²) < 4.78 is 0. The monoisotopic (exact) mass is 352 g/mol. The molecular weight excluding hydrogens is 328 g/mol. The molecule has 4 nitrogen and oxygen atoms in total. The normalized spacial score (nSPS) is 11.7. The SMILES string of the molecule is CN=C(NCCc1nc(C)c(C)s1)NCc1ccc2ccccc2c1. The average molecular weight is 353 g/mol. The van der Waals surface area contributed by atoms with Crippen molar-refractivity contribution in [3.8, 4) is 0 Å². The van der Waals surface area contributed by atoms with E-state index < -0.39 is 0 Å². The maximum atomic E-state index is 4.57. The van der Waals surface area contributed by atoms with Gasteiger partial charge in [0.15, 0.2) is 5.96 Å². The summed E-state index contributed by atoms with van der Waals surface area (Å²) in [5.74, 6) is 0.818. The molecule has 0 unspecified atom stereocenters. The lowest BCUT2D eigenvalue weighted by Gasteiger charge is -2.12. The number of nitrogens with one attached hydrogen (secondary N) is 2. The zero-order valence-corrected chi connectivity index (χ0v) is 15.8. The lowest BCUT2D eigenvalue weighted by Crippen LogP contribution is -2.37. The summed E-state index contributed by atoms with van der Waals surface area (Å²) in [6, 6.07) is 15.0. The number of aryl methyl sites for hydroxylation is 2. The van der Waals surface area contributed by atoms with Gasteiger partial charge in [0.2, 0.25) is 0 Å². The molecular formula is C20H24N4S. The number of guanidine groups is 1. The van der Waals surface area contributed by atoms with Gasteiger partial charge in [-0.3, -0.25) is 4.99 Å². The van der Waals surface area contributed by atoms with Crippen molar-refractivity contribution in [2.24, 2.45) is 4.99 Å². The van der Waals surface area contributed by atoms with Gasteiger partial charge in [0.25, 0.3) is 0 Å². The molecule has 0 fully saturated rings. The highest BCUT2D eigenvalue weighted by Gasteiger charge is 2.04. The van der Waals surface area contributed by atoms with Gasteiger partial charge in [-0.1, -0.05) is 36.4 Å². The van der Waals surface area contributed by atoms with Gasteiger partial charge in [0.05, 0.1) is 10.7 Å². The molecule has 25 heavy (non-hydrogen) atoms. The Morgan fingerprint density at radius 1 is 1.08 bits per heavy atom. The fourth-order valence-corrected chi connectivity index (χ4v) is 3.62. The molecule has 0 saturated carbocycles. The topological polar surface area (TPSA) is 49.3 Å². The lowest BCUT2D eigenvalue weighted by molar-refractivity contribution is 0.791. The van der Waals surface area contributed by atoms with Gasteiger partial charge < -0.3 is 10.6 Å². The van der Waals surface area contributed by atoms with Crippen molar-refractivity contribution < 1.29 is 0 Å². The van der Waals surface area contributed by atoms with E-state index in [-0.39, 0.29) is 0 Å². The summed E-state index contributed by atoms with van der Waals surface area (Å²) in [4.78, 5) is 10.2. The fourth-order valence-electron chi connectivity index (χ4n) is 2.69. The van der Waals surface area contributed by atoms with Crippen LogP contribution in [0.1, 0.15) is 21.1 Å². The van der Waals surface area contributed by atoms with E-state index in [1.54, 1.807) is 18.4 Å². The minimum Gasteiger partial charge on any atom is -0.356 e. The molecule has 2 aromatic carbocycles. The molecule has 0 spiro atoms. The van der Waals surface area contributed by atoms with Crippen LogP contribution in [0, 0.1) is 13.8 Å². The average Bonchev–Trinajstić information content (AvgIpc) is 2.95. The zero-order chi connectivity index (χ0) is 17.6. The molecule has 0 aliphatic rings. The lowest BCUT2D eigenvalue weighted by atomic mass is 10.1. The van der Waals surface area contributed by atoms with Gasteiger partial charge in [0.1, 0.15) is 0 Å². The molecule has 3 rings (SSSR count). The highest BCUT2D eigenvalue weighted by molar-refractivity contribution is 7.11. The number of aromatic nitrogens is 1. The Kier molecular flexibility index (Phi) is 5.66. The van der Waals surface area contributed by atoms with E-state index in [0.29, 0.717) is 0 Å². The van der Waals surface area contributed by atoms with E-state index >= 15 is 0 Å². The number of hydrogen-bond donors (Lipinski definition) is 2. The van der Waals surface area contributed by atoms with Gasteiger partial charge in [0, 0.05) is 31.4 Å². The van der Waals surface area contributed by atoms with E-state index in [9.17, 15) is 0 Å². The van der Waals surface area contributed by atoms with E-state index in [0.717, 1.165) is 31.2 Å². The minimum absolute atomic E-state index is 0.750. The molecule has 0 atom stereocenters. The molecule has 0 bridgehead atoms. The number of nitrogens with zero attached hydrogens (tertiary/aromatic N) is 2. The number of rotatable bonds is 5. The molecule has 3 aromatic rings. The van der Waals surface area contributed by atoms with Gasteiger partial charge >= 0.3 is 0 Å². The third kappa shape index (κ3) is 4.57. The molecule has 130 valence electrons. The van der Waals surface area contributed by atoms with Crippen LogP contribution in [0.25, 0.3) is 10.8 Å². The van der Waals surface area contributed by atoms with Crippen LogP contribution in [0.4, 0.5) is 0 Å². The molecule has 2 N–H and O–H groups in total. The van der Waals surface area contributed by atoms with Crippen LogP contribution in [0.2, 0.25) is 0 Å². The van der Waals surface area contributed by atoms with Crippen molar-refractivity contribution >= 4 is 28.1 Å². The molecule has 0 aliphatic carbocycles. The van der Waals surface area contributed by atoms with Gasteiger partial charge in [-0.15, -0.1) is 11.3 Å². The maximum Gasteiger partial charge on any atom is 0.191 e. The van der Waals surface area contributed by atoms with Crippen LogP contribution < -0.4 is 10.6 Å². The second-order valence-corrected chi connectivity index (χ2v) is 7.32. The third-order valence-electron chi connectivity index (χ3n) is 4.20. The summed E-state index contributed by atoms with van der Waals surface area (Å²) in [7, 11) is 1.80. The quantitative estimate of drug-likeness (QED) is 0.542. The Hall–Kier alpha value is -2.40. The van der Waals surface area contributed by atoms with Crippen molar-refractivity contribution in [1.29, 1.82) is 0 Å². The molecule has 1 aromatic heterocycles. The number of hydrogen-bond acceptors (Lipinski definition) is 3. The number of benzene rings is 2. The Morgan fingerprint density at radius 2 is 1.88 bits per heavy atom. The second kappa shape index (κ2) is 8.12. The van der Waals surface area contributed by atoms with Crippen LogP contribution in [-0.4, -0.2) is 24.5 Å². The Balaban J connectivity index is 1.51. The predicted octanol–water partition coefficient (Wildman–Crippen LogP) is 3.82. The minimum atomic E-state index is 0.750. The molecule has 0 radical (unpaired) electrons. The Bertz CT molecular complexity index is 863. The first-order valence-corrected chi connectivity index (χ1v) is 9.32. The fraction of sp³-hybridized carbons (Fsp3) is 0.300. The van der Waals surface area contributed by atoms with Crippen LogP contribution in [0.3, 0.4) is 0 Å². The smallest absolute Gasteiger partial charge is 0.191 e. The highest BCUT2D eigenvalue weighted by atomic mass is 32.1. The van der Waals surface area contributed by atoms with E-state index in [2.05, 4.69) is 76.9 Å². The Morgan fingerprint density at radius 3 is 2.60 bits per heavy atom. The van der Waals surface area contributed by atoms with Crippen molar-refractivity contribution in [3.63, 3.8) is 0 Å². The first-order valence-electron chi connectivity index (χ1n) is 8.51. The van der Waals surface area contributed by atoms with Crippen molar-refractivity contribution in [1.82, 2.24) is 15.6 Å². The van der Waals surface area contributed by atoms with E-state index in [1.165, 1.54) is 26.2 Å². The van der Waals surface area contributed by atoms with E-state index in [4.69, 9.17) is 0 Å². The van der Waals surface area contributed by atoms with Crippen molar-refractivity contribution in [3.05, 3.63) is 63.6 Å². The van der Waals surface area contributed by atoms with Gasteiger partial charge in [-0.2, -0.15) is 0 Å². The predicted molar refractivity (Wildman–Crippen MR) is 107 cm³/mol. The van der Waals surface area contributed by atoms with Crippen molar-refractivity contribution in [2.45, 2.75) is 26.8 Å². The zero-order valence-electron chi connectivity index (χ0n) is 15.0. The highest BCUT2D eigenvalue weighted by Crippen LogP contribution is 2.17. The number of thiazole rings is 1. The first kappa shape index (κ1) is 17.4. The molecule has 1 heterocycles. The summed E-state index contributed by atoms with van der Waals surface area (Å²) in [5.41, 5.74) is 2.38. The molecule has 5 heteroatoms. The van der Waals surface area contributed by atoms with Crippen LogP contribution in [-0.2, 0) is 13.0 Å². The van der Waals surface area contributed by atoms with E-state index in [1.807, 2.05) is 0 Å². The molecule has 0 saturated heterocycles. The van der Waals surface area contributed by atoms with Gasteiger partial charge in [-0.25, -0.2) is 4.98 Å². The standard InChI is InChI=1S/C20H24N4S/c1-14-15(2)25-19(24-14)10-11-22-20(21-3)23-13-16-8-9-17-6-4-5-7-18(17)12-16/h4-9,12H,10-11,13H2,1-3H3,(H2,21,22,23). The summed E-state index contributed by atoms with van der Waals surface area (Å²) in [5, 5.41) is 10.4. The first-order chi connectivity index (χ1) is 12.2. The molecule has 0 aliphatic heterocycles. The maximum absolute atomic E-state index is 4.57. The number of aliphatic imine (C=N–C) groups is 1. The van der Waals surface area contributed by atoms with Crippen molar-refractivity contribution in [2.75, 3.05) is 13.6 Å². The van der Waals surface area contributed by atoms with Crippen LogP contribution in [0.5, 0.6) is 0 Å². The largest absolute Gasteiger partial charge is 0.356 e. The summed E-state index contributed by atoms with van der Waals surface area (Å²) >= 11 is 1.77. The van der Waals surface area contributed by atoms with Gasteiger partial charge in [-0.05, 0) is 36.2 Å². The third-order valence-corrected chi connectivity index (χ3v) is 5.33.